The van der Waals surface area contributed by atoms with Crippen LogP contribution in [0.4, 0.5) is 0 Å². The highest BCUT2D eigenvalue weighted by Crippen LogP contribution is 2.34. The highest BCUT2D eigenvalue weighted by atomic mass is 16.4. The second kappa shape index (κ2) is 13.0. The minimum atomic E-state index is -1.08. The summed E-state index contributed by atoms with van der Waals surface area (Å²) in [5.41, 5.74) is 2.20. The quantitative estimate of drug-likeness (QED) is 0.230. The number of aliphatic hydroxyl groups excluding tert-OH is 2. The van der Waals surface area contributed by atoms with E-state index in [-0.39, 0.29) is 50.9 Å². The fourth-order valence-corrected chi connectivity index (χ4v) is 5.27. The summed E-state index contributed by atoms with van der Waals surface area (Å²) in [6.45, 7) is 1.75. The normalized spacial score (nSPS) is 17.7. The van der Waals surface area contributed by atoms with Gasteiger partial charge < -0.3 is 30.6 Å². The van der Waals surface area contributed by atoms with Gasteiger partial charge in [0.05, 0.1) is 37.7 Å². The lowest BCUT2D eigenvalue weighted by Gasteiger charge is -2.44. The molecule has 0 aliphatic heterocycles. The van der Waals surface area contributed by atoms with E-state index in [9.17, 15) is 40.2 Å². The van der Waals surface area contributed by atoms with Crippen molar-refractivity contribution in [3.05, 3.63) is 46.0 Å². The molecule has 2 aromatic rings. The number of aromatic hydroxyl groups is 2. The van der Waals surface area contributed by atoms with Gasteiger partial charge in [0.25, 0.3) is 0 Å². The molecule has 1 aliphatic rings. The Bertz CT molecular complexity index is 1070. The van der Waals surface area contributed by atoms with E-state index in [2.05, 4.69) is 9.97 Å². The van der Waals surface area contributed by atoms with Crippen LogP contribution in [0.25, 0.3) is 0 Å². The minimum absolute atomic E-state index is 0.0149. The van der Waals surface area contributed by atoms with Crippen LogP contribution in [-0.4, -0.2) is 87.5 Å². The summed E-state index contributed by atoms with van der Waals surface area (Å²) in [6.07, 6.45) is 5.66. The van der Waals surface area contributed by atoms with Crippen LogP contribution in [0, 0.1) is 13.8 Å². The third kappa shape index (κ3) is 6.76. The minimum Gasteiger partial charge on any atom is -0.506 e. The number of carboxylic acid groups (broad SMARTS) is 2. The monoisotopic (exact) mass is 532 g/mol. The van der Waals surface area contributed by atoms with Gasteiger partial charge in [-0.15, -0.1) is 0 Å². The Morgan fingerprint density at radius 2 is 1.16 bits per heavy atom. The summed E-state index contributed by atoms with van der Waals surface area (Å²) >= 11 is 0. The third-order valence-electron chi connectivity index (χ3n) is 7.23. The predicted octanol–water partition coefficient (Wildman–Crippen LogP) is 1.27. The zero-order valence-electron chi connectivity index (χ0n) is 21.7. The van der Waals surface area contributed by atoms with Crippen LogP contribution in [0.3, 0.4) is 0 Å². The van der Waals surface area contributed by atoms with Crippen molar-refractivity contribution < 1.29 is 40.2 Å². The first kappa shape index (κ1) is 29.2. The van der Waals surface area contributed by atoms with Gasteiger partial charge in [-0.2, -0.15) is 0 Å². The Morgan fingerprint density at radius 3 is 1.47 bits per heavy atom. The molecule has 1 fully saturated rings. The summed E-state index contributed by atoms with van der Waals surface area (Å²) in [5, 5.41) is 60.5. The van der Waals surface area contributed by atoms with Gasteiger partial charge >= 0.3 is 11.9 Å². The van der Waals surface area contributed by atoms with Crippen LogP contribution >= 0.6 is 0 Å². The van der Waals surface area contributed by atoms with E-state index in [1.54, 1.807) is 23.6 Å². The number of hydrogen-bond acceptors (Lipinski definition) is 10. The summed E-state index contributed by atoms with van der Waals surface area (Å²) in [5.74, 6) is -2.40. The standard InChI is InChI=1S/C26H36N4O8/c1-15-25(37)19(17(13-31)7-27-15)9-29(11-23(33)34)21-5-3-4-6-22(21)30(12-24(35)36)10-20-18(14-32)8-28-16(2)26(20)38/h7-8,21-22,31-32,37-38H,3-6,9-14H2,1-2H3,(H,33,34)(H,35,36)/t21-,22-/m1/s1. The molecule has 0 unspecified atom stereocenters. The molecule has 0 saturated heterocycles. The van der Waals surface area contributed by atoms with E-state index in [4.69, 9.17) is 0 Å². The van der Waals surface area contributed by atoms with Crippen molar-refractivity contribution in [1.82, 2.24) is 19.8 Å². The molecule has 0 spiro atoms. The molecule has 3 rings (SSSR count). The number of carboxylic acids is 2. The van der Waals surface area contributed by atoms with Crippen molar-refractivity contribution >= 4 is 11.9 Å². The molecule has 38 heavy (non-hydrogen) atoms. The highest BCUT2D eigenvalue weighted by Gasteiger charge is 2.37. The second-order valence-corrected chi connectivity index (χ2v) is 9.72. The lowest BCUT2D eigenvalue weighted by atomic mass is 9.87. The Labute approximate surface area is 220 Å². The van der Waals surface area contributed by atoms with E-state index >= 15 is 0 Å². The number of aliphatic carboxylic acids is 2. The van der Waals surface area contributed by atoms with Crippen LogP contribution in [-0.2, 0) is 35.9 Å². The average molecular weight is 533 g/mol. The van der Waals surface area contributed by atoms with E-state index < -0.39 is 24.0 Å². The zero-order valence-corrected chi connectivity index (χ0v) is 21.7. The number of nitrogens with zero attached hydrogens (tertiary/aromatic N) is 4. The maximum absolute atomic E-state index is 11.9. The van der Waals surface area contributed by atoms with Crippen molar-refractivity contribution in [3.63, 3.8) is 0 Å². The Balaban J connectivity index is 2.03. The van der Waals surface area contributed by atoms with Gasteiger partial charge in [-0.3, -0.25) is 29.4 Å². The summed E-state index contributed by atoms with van der Waals surface area (Å²) < 4.78 is 0. The Kier molecular flexibility index (Phi) is 9.97. The van der Waals surface area contributed by atoms with Crippen LogP contribution in [0.5, 0.6) is 11.5 Å². The smallest absolute Gasteiger partial charge is 0.317 e. The molecule has 1 aliphatic carbocycles. The number of pyridine rings is 2. The molecule has 2 aromatic heterocycles. The number of rotatable bonds is 12. The van der Waals surface area contributed by atoms with Crippen LogP contribution in [0.1, 0.15) is 59.3 Å². The predicted molar refractivity (Wildman–Crippen MR) is 135 cm³/mol. The summed E-state index contributed by atoms with van der Waals surface area (Å²) in [7, 11) is 0. The molecular weight excluding hydrogens is 496 g/mol. The lowest BCUT2D eigenvalue weighted by molar-refractivity contribution is -0.142. The lowest BCUT2D eigenvalue weighted by Crippen LogP contribution is -2.55. The Hall–Kier alpha value is -3.32. The number of aromatic nitrogens is 2. The molecule has 1 saturated carbocycles. The van der Waals surface area contributed by atoms with E-state index in [1.165, 1.54) is 12.4 Å². The van der Waals surface area contributed by atoms with Crippen molar-refractivity contribution in [2.24, 2.45) is 0 Å². The number of hydrogen-bond donors (Lipinski definition) is 6. The van der Waals surface area contributed by atoms with Gasteiger partial charge in [-0.05, 0) is 26.7 Å². The fourth-order valence-electron chi connectivity index (χ4n) is 5.27. The molecule has 208 valence electrons. The first-order valence-electron chi connectivity index (χ1n) is 12.5. The molecule has 0 amide bonds. The highest BCUT2D eigenvalue weighted by molar-refractivity contribution is 5.69. The number of aryl methyl sites for hydroxylation is 2. The van der Waals surface area contributed by atoms with Gasteiger partial charge in [-0.25, -0.2) is 0 Å². The van der Waals surface area contributed by atoms with Crippen LogP contribution < -0.4 is 0 Å². The molecule has 2 atom stereocenters. The summed E-state index contributed by atoms with van der Waals surface area (Å²) in [4.78, 5) is 35.4. The molecule has 0 aromatic carbocycles. The van der Waals surface area contributed by atoms with E-state index in [1.807, 2.05) is 0 Å². The average Bonchev–Trinajstić information content (AvgIpc) is 2.88. The van der Waals surface area contributed by atoms with E-state index in [0.717, 1.165) is 12.8 Å². The largest absolute Gasteiger partial charge is 0.506 e. The molecule has 0 bridgehead atoms. The van der Waals surface area contributed by atoms with Gasteiger partial charge in [0.15, 0.2) is 0 Å². The molecule has 2 heterocycles. The third-order valence-corrected chi connectivity index (χ3v) is 7.23. The fraction of sp³-hybridized carbons (Fsp3) is 0.538. The molecule has 6 N–H and O–H groups in total. The molecule has 12 nitrogen and oxygen atoms in total. The number of carbonyl (C=O) groups is 2. The second-order valence-electron chi connectivity index (χ2n) is 9.72. The first-order valence-corrected chi connectivity index (χ1v) is 12.5. The molecule has 0 radical (unpaired) electrons. The Morgan fingerprint density at radius 1 is 0.789 bits per heavy atom. The van der Waals surface area contributed by atoms with Gasteiger partial charge in [-0.1, -0.05) is 12.8 Å². The zero-order chi connectivity index (χ0) is 28.0. The van der Waals surface area contributed by atoms with Crippen molar-refractivity contribution in [1.29, 1.82) is 0 Å². The topological polar surface area (TPSA) is 188 Å². The maximum atomic E-state index is 11.9. The maximum Gasteiger partial charge on any atom is 0.317 e. The van der Waals surface area contributed by atoms with Crippen LogP contribution in [0.2, 0.25) is 0 Å². The van der Waals surface area contributed by atoms with Crippen molar-refractivity contribution in [2.75, 3.05) is 13.1 Å². The molecular formula is C26H36N4O8. The summed E-state index contributed by atoms with van der Waals surface area (Å²) in [6, 6.07) is -0.803. The van der Waals surface area contributed by atoms with E-state index in [0.29, 0.717) is 46.5 Å². The van der Waals surface area contributed by atoms with Crippen LogP contribution in [0.15, 0.2) is 12.4 Å². The van der Waals surface area contributed by atoms with Gasteiger partial charge in [0.1, 0.15) is 11.5 Å². The molecule has 12 heteroatoms. The van der Waals surface area contributed by atoms with Crippen molar-refractivity contribution in [3.8, 4) is 11.5 Å². The van der Waals surface area contributed by atoms with Gasteiger partial charge in [0, 0.05) is 59.8 Å². The number of aliphatic hydroxyl groups is 2. The SMILES string of the molecule is Cc1ncc(CO)c(CN(CC(=O)O)[C@@H]2CCCC[C@H]2N(CC(=O)O)Cc2c(CO)cnc(C)c2O)c1O. The van der Waals surface area contributed by atoms with Gasteiger partial charge in [0.2, 0.25) is 0 Å². The van der Waals surface area contributed by atoms with Crippen molar-refractivity contribution in [2.45, 2.75) is 77.9 Å². The first-order chi connectivity index (χ1) is 18.1.